The predicted octanol–water partition coefficient (Wildman–Crippen LogP) is 4.96. The van der Waals surface area contributed by atoms with E-state index in [-0.39, 0.29) is 0 Å². The average molecular weight is 292 g/mol. The fourth-order valence-corrected chi connectivity index (χ4v) is 2.92. The number of thioether (sulfide) groups is 1. The molecular weight excluding hydrogens is 274 g/mol. The van der Waals surface area contributed by atoms with E-state index in [1.54, 1.807) is 0 Å². The summed E-state index contributed by atoms with van der Waals surface area (Å²) in [5.41, 5.74) is 1.29. The maximum atomic E-state index is 5.88. The molecule has 0 aromatic heterocycles. The molecule has 0 spiro atoms. The van der Waals surface area contributed by atoms with Crippen LogP contribution in [-0.2, 0) is 0 Å². The van der Waals surface area contributed by atoms with Crippen molar-refractivity contribution in [2.24, 2.45) is 0 Å². The molecule has 0 N–H and O–H groups in total. The highest BCUT2D eigenvalue weighted by Crippen LogP contribution is 2.21. The second-order valence-corrected chi connectivity index (χ2v) is 5.82. The summed E-state index contributed by atoms with van der Waals surface area (Å²) in [5, 5.41) is 0.795. The first-order valence-corrected chi connectivity index (χ1v) is 7.84. The van der Waals surface area contributed by atoms with Crippen LogP contribution >= 0.6 is 23.4 Å². The highest BCUT2D eigenvalue weighted by molar-refractivity contribution is 7.99. The molecule has 2 rings (SSSR count). The Bertz CT molecular complexity index is 484. The Labute approximate surface area is 124 Å². The summed E-state index contributed by atoms with van der Waals surface area (Å²) in [6, 6.07) is 18.6. The Balaban J connectivity index is 1.85. The third-order valence-corrected chi connectivity index (χ3v) is 4.19. The van der Waals surface area contributed by atoms with E-state index in [2.05, 4.69) is 54.3 Å². The van der Waals surface area contributed by atoms with Gasteiger partial charge >= 0.3 is 0 Å². The molecule has 100 valence electrons. The van der Waals surface area contributed by atoms with Crippen molar-refractivity contribution in [3.05, 3.63) is 59.6 Å². The van der Waals surface area contributed by atoms with Gasteiger partial charge in [0.2, 0.25) is 0 Å². The SMILES string of the molecule is CCN(CCSc1ccc(Cl)cc1)c1ccccc1. The zero-order valence-corrected chi connectivity index (χ0v) is 12.6. The van der Waals surface area contributed by atoms with Gasteiger partial charge in [0.05, 0.1) is 0 Å². The van der Waals surface area contributed by atoms with Crippen LogP contribution in [0.15, 0.2) is 59.5 Å². The molecule has 0 saturated carbocycles. The van der Waals surface area contributed by atoms with Gasteiger partial charge in [-0.15, -0.1) is 11.8 Å². The number of benzene rings is 2. The standard InChI is InChI=1S/C16H18ClNS/c1-2-18(15-6-4-3-5-7-15)12-13-19-16-10-8-14(17)9-11-16/h3-11H,2,12-13H2,1H3. The van der Waals surface area contributed by atoms with Crippen molar-refractivity contribution in [1.82, 2.24) is 0 Å². The summed E-state index contributed by atoms with van der Waals surface area (Å²) in [6.45, 7) is 4.28. The minimum absolute atomic E-state index is 0.795. The van der Waals surface area contributed by atoms with Crippen molar-refractivity contribution in [3.8, 4) is 0 Å². The molecular formula is C16H18ClNS. The second-order valence-electron chi connectivity index (χ2n) is 4.22. The van der Waals surface area contributed by atoms with Crippen LogP contribution in [0.25, 0.3) is 0 Å². The quantitative estimate of drug-likeness (QED) is 0.692. The van der Waals surface area contributed by atoms with E-state index in [1.807, 2.05) is 23.9 Å². The van der Waals surface area contributed by atoms with Crippen molar-refractivity contribution in [1.29, 1.82) is 0 Å². The van der Waals surface area contributed by atoms with Crippen LogP contribution in [0.2, 0.25) is 5.02 Å². The molecule has 3 heteroatoms. The average Bonchev–Trinajstić information content (AvgIpc) is 2.46. The van der Waals surface area contributed by atoms with E-state index in [9.17, 15) is 0 Å². The van der Waals surface area contributed by atoms with Crippen LogP contribution in [0.3, 0.4) is 0 Å². The van der Waals surface area contributed by atoms with Gasteiger partial charge in [0.1, 0.15) is 0 Å². The number of nitrogens with zero attached hydrogens (tertiary/aromatic N) is 1. The maximum Gasteiger partial charge on any atom is 0.0406 e. The first kappa shape index (κ1) is 14.3. The smallest absolute Gasteiger partial charge is 0.0406 e. The van der Waals surface area contributed by atoms with Crippen LogP contribution in [0.5, 0.6) is 0 Å². The molecule has 0 atom stereocenters. The van der Waals surface area contributed by atoms with Crippen LogP contribution in [0.1, 0.15) is 6.92 Å². The minimum atomic E-state index is 0.795. The largest absolute Gasteiger partial charge is 0.371 e. The van der Waals surface area contributed by atoms with E-state index < -0.39 is 0 Å². The molecule has 0 amide bonds. The molecule has 0 heterocycles. The summed E-state index contributed by atoms with van der Waals surface area (Å²) >= 11 is 7.75. The Morgan fingerprint density at radius 3 is 2.32 bits per heavy atom. The molecule has 0 aliphatic rings. The molecule has 2 aromatic rings. The van der Waals surface area contributed by atoms with Gasteiger partial charge in [0.15, 0.2) is 0 Å². The highest BCUT2D eigenvalue weighted by atomic mass is 35.5. The third kappa shape index (κ3) is 4.48. The van der Waals surface area contributed by atoms with Gasteiger partial charge in [0, 0.05) is 34.4 Å². The van der Waals surface area contributed by atoms with Crippen LogP contribution in [0.4, 0.5) is 5.69 Å². The summed E-state index contributed by atoms with van der Waals surface area (Å²) in [4.78, 5) is 3.66. The molecule has 0 aliphatic carbocycles. The van der Waals surface area contributed by atoms with Gasteiger partial charge in [-0.2, -0.15) is 0 Å². The van der Waals surface area contributed by atoms with E-state index in [1.165, 1.54) is 10.6 Å². The van der Waals surface area contributed by atoms with E-state index >= 15 is 0 Å². The van der Waals surface area contributed by atoms with Crippen molar-refractivity contribution in [2.45, 2.75) is 11.8 Å². The van der Waals surface area contributed by atoms with E-state index in [4.69, 9.17) is 11.6 Å². The summed E-state index contributed by atoms with van der Waals surface area (Å²) < 4.78 is 0. The molecule has 0 saturated heterocycles. The number of halogens is 1. The molecule has 2 aromatic carbocycles. The number of hydrogen-bond acceptors (Lipinski definition) is 2. The highest BCUT2D eigenvalue weighted by Gasteiger charge is 2.03. The lowest BCUT2D eigenvalue weighted by Crippen LogP contribution is -2.25. The molecule has 0 unspecified atom stereocenters. The maximum absolute atomic E-state index is 5.88. The Hall–Kier alpha value is -1.12. The Morgan fingerprint density at radius 1 is 1.00 bits per heavy atom. The lowest BCUT2D eigenvalue weighted by Gasteiger charge is -2.22. The van der Waals surface area contributed by atoms with Gasteiger partial charge in [-0.3, -0.25) is 0 Å². The molecule has 0 fully saturated rings. The second kappa shape index (κ2) is 7.46. The zero-order valence-electron chi connectivity index (χ0n) is 11.1. The minimum Gasteiger partial charge on any atom is -0.371 e. The van der Waals surface area contributed by atoms with E-state index in [0.29, 0.717) is 0 Å². The molecule has 0 bridgehead atoms. The number of para-hydroxylation sites is 1. The molecule has 1 nitrogen and oxygen atoms in total. The molecule has 0 radical (unpaired) electrons. The van der Waals surface area contributed by atoms with Crippen molar-refractivity contribution >= 4 is 29.1 Å². The fraction of sp³-hybridized carbons (Fsp3) is 0.250. The topological polar surface area (TPSA) is 3.24 Å². The first-order chi connectivity index (χ1) is 9.29. The van der Waals surface area contributed by atoms with Gasteiger partial charge in [-0.1, -0.05) is 29.8 Å². The van der Waals surface area contributed by atoms with Gasteiger partial charge in [0.25, 0.3) is 0 Å². The Kier molecular flexibility index (Phi) is 5.62. The number of anilines is 1. The number of hydrogen-bond donors (Lipinski definition) is 0. The zero-order chi connectivity index (χ0) is 13.5. The lowest BCUT2D eigenvalue weighted by atomic mass is 10.3. The van der Waals surface area contributed by atoms with E-state index in [0.717, 1.165) is 23.9 Å². The summed E-state index contributed by atoms with van der Waals surface area (Å²) in [6.07, 6.45) is 0. The predicted molar refractivity (Wildman–Crippen MR) is 86.5 cm³/mol. The van der Waals surface area contributed by atoms with Crippen molar-refractivity contribution in [3.63, 3.8) is 0 Å². The lowest BCUT2D eigenvalue weighted by molar-refractivity contribution is 0.872. The van der Waals surface area contributed by atoms with Crippen molar-refractivity contribution in [2.75, 3.05) is 23.7 Å². The monoisotopic (exact) mass is 291 g/mol. The van der Waals surface area contributed by atoms with Crippen LogP contribution in [0, 0.1) is 0 Å². The van der Waals surface area contributed by atoms with Gasteiger partial charge < -0.3 is 4.90 Å². The van der Waals surface area contributed by atoms with Gasteiger partial charge in [-0.25, -0.2) is 0 Å². The molecule has 0 aliphatic heterocycles. The Morgan fingerprint density at radius 2 is 1.68 bits per heavy atom. The van der Waals surface area contributed by atoms with Crippen LogP contribution < -0.4 is 4.90 Å². The third-order valence-electron chi connectivity index (χ3n) is 2.95. The summed E-state index contributed by atoms with van der Waals surface area (Å²) in [7, 11) is 0. The van der Waals surface area contributed by atoms with Crippen molar-refractivity contribution < 1.29 is 0 Å². The first-order valence-electron chi connectivity index (χ1n) is 6.48. The number of rotatable bonds is 6. The van der Waals surface area contributed by atoms with Crippen LogP contribution in [-0.4, -0.2) is 18.8 Å². The molecule has 19 heavy (non-hydrogen) atoms. The normalized spacial score (nSPS) is 10.4. The van der Waals surface area contributed by atoms with Gasteiger partial charge in [-0.05, 0) is 43.3 Å². The fourth-order valence-electron chi connectivity index (χ4n) is 1.91. The summed E-state index contributed by atoms with van der Waals surface area (Å²) in [5.74, 6) is 1.07.